The molecule has 0 amide bonds. The zero-order valence-corrected chi connectivity index (χ0v) is 14.0. The molecule has 0 spiro atoms. The summed E-state index contributed by atoms with van der Waals surface area (Å²) in [5, 5.41) is 7.42. The maximum atomic E-state index is 14.3. The third-order valence-corrected chi connectivity index (χ3v) is 4.11. The normalized spacial score (nSPS) is 12.2. The summed E-state index contributed by atoms with van der Waals surface area (Å²) in [4.78, 5) is 0. The van der Waals surface area contributed by atoms with E-state index in [4.69, 9.17) is 4.74 Å². The van der Waals surface area contributed by atoms with Gasteiger partial charge in [-0.1, -0.05) is 18.2 Å². The Bertz CT molecular complexity index is 850. The molecule has 25 heavy (non-hydrogen) atoms. The molecule has 1 unspecified atom stereocenters. The Morgan fingerprint density at radius 3 is 2.68 bits per heavy atom. The first-order chi connectivity index (χ1) is 12.1. The van der Waals surface area contributed by atoms with Crippen molar-refractivity contribution in [1.29, 1.82) is 0 Å². The van der Waals surface area contributed by atoms with Gasteiger partial charge in [0.05, 0.1) is 12.8 Å². The van der Waals surface area contributed by atoms with E-state index in [9.17, 15) is 8.78 Å². The molecule has 0 aliphatic heterocycles. The van der Waals surface area contributed by atoms with Gasteiger partial charge in [0.15, 0.2) is 11.6 Å². The Morgan fingerprint density at radius 1 is 1.16 bits per heavy atom. The highest BCUT2D eigenvalue weighted by atomic mass is 19.1. The molecule has 0 radical (unpaired) electrons. The molecular formula is C19H19F2N3O. The van der Waals surface area contributed by atoms with E-state index in [0.717, 1.165) is 11.3 Å². The average Bonchev–Trinajstić information content (AvgIpc) is 3.16. The maximum absolute atomic E-state index is 14.3. The Morgan fingerprint density at radius 2 is 1.96 bits per heavy atom. The van der Waals surface area contributed by atoms with E-state index in [2.05, 4.69) is 10.4 Å². The Labute approximate surface area is 145 Å². The van der Waals surface area contributed by atoms with Crippen LogP contribution in [0.3, 0.4) is 0 Å². The third-order valence-electron chi connectivity index (χ3n) is 4.11. The van der Waals surface area contributed by atoms with E-state index in [-0.39, 0.29) is 23.9 Å². The summed E-state index contributed by atoms with van der Waals surface area (Å²) in [7, 11) is 1.36. The minimum absolute atomic E-state index is 0.0304. The lowest BCUT2D eigenvalue weighted by Gasteiger charge is -2.19. The van der Waals surface area contributed by atoms with Gasteiger partial charge in [0.1, 0.15) is 5.82 Å². The van der Waals surface area contributed by atoms with Crippen molar-refractivity contribution in [3.8, 4) is 11.4 Å². The molecule has 0 saturated carbocycles. The van der Waals surface area contributed by atoms with Crippen LogP contribution in [0.5, 0.6) is 5.75 Å². The van der Waals surface area contributed by atoms with Gasteiger partial charge in [0.25, 0.3) is 0 Å². The molecule has 1 aromatic heterocycles. The summed E-state index contributed by atoms with van der Waals surface area (Å²) in [6, 6.07) is 12.0. The second-order valence-electron chi connectivity index (χ2n) is 5.65. The second kappa shape index (κ2) is 7.44. The first kappa shape index (κ1) is 17.1. The molecule has 1 N–H and O–H groups in total. The summed E-state index contributed by atoms with van der Waals surface area (Å²) >= 11 is 0. The number of rotatable bonds is 6. The standard InChI is InChI=1S/C19H19F2N3O/c1-13(14-6-3-4-7-17(14)24-11-5-10-23-24)22-12-15-16(20)8-9-18(25-2)19(15)21/h3-11,13,22H,12H2,1-2H3. The second-order valence-corrected chi connectivity index (χ2v) is 5.65. The SMILES string of the molecule is COc1ccc(F)c(CNC(C)c2ccccc2-n2cccn2)c1F. The molecule has 0 aliphatic rings. The van der Waals surface area contributed by atoms with Crippen molar-refractivity contribution >= 4 is 0 Å². The van der Waals surface area contributed by atoms with Gasteiger partial charge in [-0.25, -0.2) is 13.5 Å². The molecule has 2 aromatic carbocycles. The van der Waals surface area contributed by atoms with E-state index < -0.39 is 11.6 Å². The molecular weight excluding hydrogens is 324 g/mol. The minimum atomic E-state index is -0.678. The fourth-order valence-electron chi connectivity index (χ4n) is 2.73. The minimum Gasteiger partial charge on any atom is -0.494 e. The number of nitrogens with zero attached hydrogens (tertiary/aromatic N) is 2. The summed E-state index contributed by atoms with van der Waals surface area (Å²) < 4.78 is 34.9. The monoisotopic (exact) mass is 343 g/mol. The van der Waals surface area contributed by atoms with Crippen molar-refractivity contribution in [3.05, 3.63) is 77.6 Å². The van der Waals surface area contributed by atoms with Crippen LogP contribution >= 0.6 is 0 Å². The van der Waals surface area contributed by atoms with Crippen LogP contribution in [0, 0.1) is 11.6 Å². The lowest BCUT2D eigenvalue weighted by molar-refractivity contribution is 0.378. The molecule has 0 bridgehead atoms. The zero-order chi connectivity index (χ0) is 17.8. The van der Waals surface area contributed by atoms with Crippen LogP contribution in [-0.4, -0.2) is 16.9 Å². The lowest BCUT2D eigenvalue weighted by atomic mass is 10.1. The molecule has 3 aromatic rings. The molecule has 1 heterocycles. The van der Waals surface area contributed by atoms with Crippen LogP contribution in [0.2, 0.25) is 0 Å². The average molecular weight is 343 g/mol. The Kier molecular flexibility index (Phi) is 5.09. The molecule has 4 nitrogen and oxygen atoms in total. The smallest absolute Gasteiger partial charge is 0.172 e. The highest BCUT2D eigenvalue weighted by Crippen LogP contribution is 2.25. The first-order valence-electron chi connectivity index (χ1n) is 7.95. The third kappa shape index (κ3) is 3.53. The van der Waals surface area contributed by atoms with Crippen LogP contribution in [0.15, 0.2) is 54.9 Å². The van der Waals surface area contributed by atoms with Crippen molar-refractivity contribution in [1.82, 2.24) is 15.1 Å². The predicted octanol–water partition coefficient (Wildman–Crippen LogP) is 4.01. The lowest BCUT2D eigenvalue weighted by Crippen LogP contribution is -2.21. The molecule has 0 fully saturated rings. The van der Waals surface area contributed by atoms with Gasteiger partial charge in [-0.2, -0.15) is 5.10 Å². The van der Waals surface area contributed by atoms with Crippen molar-refractivity contribution in [2.75, 3.05) is 7.11 Å². The van der Waals surface area contributed by atoms with Gasteiger partial charge < -0.3 is 10.1 Å². The number of aromatic nitrogens is 2. The summed E-state index contributed by atoms with van der Waals surface area (Å²) in [6.07, 6.45) is 3.56. The maximum Gasteiger partial charge on any atom is 0.172 e. The molecule has 1 atom stereocenters. The largest absolute Gasteiger partial charge is 0.494 e. The molecule has 130 valence electrons. The highest BCUT2D eigenvalue weighted by molar-refractivity contribution is 5.42. The van der Waals surface area contributed by atoms with Crippen molar-refractivity contribution in [2.45, 2.75) is 19.5 Å². The van der Waals surface area contributed by atoms with Crippen LogP contribution in [-0.2, 0) is 6.54 Å². The van der Waals surface area contributed by atoms with Crippen molar-refractivity contribution in [3.63, 3.8) is 0 Å². The highest BCUT2D eigenvalue weighted by Gasteiger charge is 2.17. The number of methoxy groups -OCH3 is 1. The van der Waals surface area contributed by atoms with Gasteiger partial charge in [0.2, 0.25) is 0 Å². The van der Waals surface area contributed by atoms with Gasteiger partial charge in [-0.15, -0.1) is 0 Å². The summed E-state index contributed by atoms with van der Waals surface area (Å²) in [6.45, 7) is 1.99. The molecule has 3 rings (SSSR count). The zero-order valence-electron chi connectivity index (χ0n) is 14.0. The number of halogens is 2. The Balaban J connectivity index is 1.82. The quantitative estimate of drug-likeness (QED) is 0.735. The van der Waals surface area contributed by atoms with Gasteiger partial charge in [-0.3, -0.25) is 0 Å². The van der Waals surface area contributed by atoms with E-state index >= 15 is 0 Å². The number of para-hydroxylation sites is 1. The summed E-state index contributed by atoms with van der Waals surface area (Å²) in [5.41, 5.74) is 1.86. The number of ether oxygens (including phenoxy) is 1. The van der Waals surface area contributed by atoms with Gasteiger partial charge >= 0.3 is 0 Å². The topological polar surface area (TPSA) is 39.1 Å². The fraction of sp³-hybridized carbons (Fsp3) is 0.211. The summed E-state index contributed by atoms with van der Waals surface area (Å²) in [5.74, 6) is -1.25. The Hall–Kier alpha value is -2.73. The van der Waals surface area contributed by atoms with Crippen molar-refractivity contribution < 1.29 is 13.5 Å². The first-order valence-corrected chi connectivity index (χ1v) is 7.95. The van der Waals surface area contributed by atoms with Crippen LogP contribution in [0.4, 0.5) is 8.78 Å². The van der Waals surface area contributed by atoms with Gasteiger partial charge in [0, 0.05) is 30.5 Å². The van der Waals surface area contributed by atoms with E-state index in [1.807, 2.05) is 43.5 Å². The fourth-order valence-corrected chi connectivity index (χ4v) is 2.73. The van der Waals surface area contributed by atoms with Crippen LogP contribution < -0.4 is 10.1 Å². The predicted molar refractivity (Wildman–Crippen MR) is 91.7 cm³/mol. The number of hydrogen-bond acceptors (Lipinski definition) is 3. The van der Waals surface area contributed by atoms with Gasteiger partial charge in [-0.05, 0) is 36.8 Å². The number of benzene rings is 2. The molecule has 6 heteroatoms. The molecule has 0 saturated heterocycles. The number of hydrogen-bond donors (Lipinski definition) is 1. The van der Waals surface area contributed by atoms with E-state index in [1.165, 1.54) is 19.2 Å². The van der Waals surface area contributed by atoms with E-state index in [1.54, 1.807) is 10.9 Å². The van der Waals surface area contributed by atoms with Crippen LogP contribution in [0.1, 0.15) is 24.1 Å². The molecule has 0 aliphatic carbocycles. The van der Waals surface area contributed by atoms with Crippen molar-refractivity contribution in [2.24, 2.45) is 0 Å². The van der Waals surface area contributed by atoms with E-state index in [0.29, 0.717) is 0 Å². The number of nitrogens with one attached hydrogen (secondary N) is 1. The van der Waals surface area contributed by atoms with Crippen LogP contribution in [0.25, 0.3) is 5.69 Å².